The Kier molecular flexibility index (Phi) is 6.32. The zero-order valence-electron chi connectivity index (χ0n) is 12.8. The van der Waals surface area contributed by atoms with Crippen LogP contribution in [-0.2, 0) is 4.74 Å². The lowest BCUT2D eigenvalue weighted by Crippen LogP contribution is -2.32. The highest BCUT2D eigenvalue weighted by Crippen LogP contribution is 2.27. The van der Waals surface area contributed by atoms with E-state index in [-0.39, 0.29) is 5.60 Å². The van der Waals surface area contributed by atoms with Crippen molar-refractivity contribution in [3.8, 4) is 5.75 Å². The molecule has 0 bridgehead atoms. The molecular weight excluding hydrogens is 238 g/mol. The number of benzene rings is 1. The quantitative estimate of drug-likeness (QED) is 0.779. The summed E-state index contributed by atoms with van der Waals surface area (Å²) in [4.78, 5) is 0. The van der Waals surface area contributed by atoms with E-state index in [0.29, 0.717) is 12.6 Å². The van der Waals surface area contributed by atoms with Crippen molar-refractivity contribution in [1.82, 2.24) is 5.32 Å². The molecule has 3 heteroatoms. The Balaban J connectivity index is 2.80. The SMILES string of the molecule is CCNC(CC(C)(C)OC)c1ccc(OCC)cc1. The summed E-state index contributed by atoms with van der Waals surface area (Å²) in [5, 5.41) is 3.52. The van der Waals surface area contributed by atoms with Crippen molar-refractivity contribution in [2.45, 2.75) is 45.8 Å². The summed E-state index contributed by atoms with van der Waals surface area (Å²) in [6, 6.07) is 8.62. The summed E-state index contributed by atoms with van der Waals surface area (Å²) in [5.74, 6) is 0.924. The molecule has 0 spiro atoms. The van der Waals surface area contributed by atoms with Gasteiger partial charge in [0.05, 0.1) is 12.2 Å². The van der Waals surface area contributed by atoms with Crippen LogP contribution in [0.2, 0.25) is 0 Å². The second-order valence-corrected chi connectivity index (χ2v) is 5.28. The van der Waals surface area contributed by atoms with E-state index >= 15 is 0 Å². The molecule has 0 aliphatic rings. The molecule has 3 nitrogen and oxygen atoms in total. The molecule has 108 valence electrons. The Labute approximate surface area is 117 Å². The van der Waals surface area contributed by atoms with Crippen molar-refractivity contribution in [2.24, 2.45) is 0 Å². The van der Waals surface area contributed by atoms with Gasteiger partial charge in [-0.25, -0.2) is 0 Å². The normalized spacial score (nSPS) is 13.3. The second kappa shape index (κ2) is 7.51. The van der Waals surface area contributed by atoms with Gasteiger partial charge in [-0.2, -0.15) is 0 Å². The largest absolute Gasteiger partial charge is 0.494 e. The van der Waals surface area contributed by atoms with Gasteiger partial charge in [-0.3, -0.25) is 0 Å². The maximum absolute atomic E-state index is 5.53. The molecule has 0 radical (unpaired) electrons. The van der Waals surface area contributed by atoms with Gasteiger partial charge in [0.25, 0.3) is 0 Å². The minimum absolute atomic E-state index is 0.134. The van der Waals surface area contributed by atoms with Crippen LogP contribution in [-0.4, -0.2) is 25.9 Å². The van der Waals surface area contributed by atoms with Gasteiger partial charge in [-0.05, 0) is 51.4 Å². The number of rotatable bonds is 8. The number of nitrogens with one attached hydrogen (secondary N) is 1. The molecule has 1 unspecified atom stereocenters. The molecule has 0 fully saturated rings. The minimum Gasteiger partial charge on any atom is -0.494 e. The van der Waals surface area contributed by atoms with Crippen LogP contribution in [0.5, 0.6) is 5.75 Å². The maximum Gasteiger partial charge on any atom is 0.119 e. The smallest absolute Gasteiger partial charge is 0.119 e. The summed E-state index contributed by atoms with van der Waals surface area (Å²) >= 11 is 0. The molecule has 1 aromatic carbocycles. The first-order chi connectivity index (χ1) is 9.02. The van der Waals surface area contributed by atoms with Gasteiger partial charge in [-0.1, -0.05) is 19.1 Å². The number of hydrogen-bond donors (Lipinski definition) is 1. The average Bonchev–Trinajstić information content (AvgIpc) is 2.39. The van der Waals surface area contributed by atoms with Crippen molar-refractivity contribution >= 4 is 0 Å². The maximum atomic E-state index is 5.53. The van der Waals surface area contributed by atoms with E-state index in [1.54, 1.807) is 7.11 Å². The van der Waals surface area contributed by atoms with Gasteiger partial charge in [-0.15, -0.1) is 0 Å². The summed E-state index contributed by atoms with van der Waals surface area (Å²) in [6.45, 7) is 10.00. The fourth-order valence-corrected chi connectivity index (χ4v) is 2.09. The van der Waals surface area contributed by atoms with Crippen LogP contribution < -0.4 is 10.1 Å². The predicted octanol–water partition coefficient (Wildman–Crippen LogP) is 3.55. The average molecular weight is 265 g/mol. The van der Waals surface area contributed by atoms with Crippen LogP contribution in [0.25, 0.3) is 0 Å². The molecule has 1 N–H and O–H groups in total. The van der Waals surface area contributed by atoms with Gasteiger partial charge in [0, 0.05) is 13.2 Å². The number of hydrogen-bond acceptors (Lipinski definition) is 3. The molecule has 0 aliphatic carbocycles. The summed E-state index contributed by atoms with van der Waals surface area (Å²) in [5.41, 5.74) is 1.14. The highest BCUT2D eigenvalue weighted by molar-refractivity contribution is 5.29. The topological polar surface area (TPSA) is 30.5 Å². The van der Waals surface area contributed by atoms with E-state index in [4.69, 9.17) is 9.47 Å². The Hall–Kier alpha value is -1.06. The first-order valence-electron chi connectivity index (χ1n) is 7.03. The number of ether oxygens (including phenoxy) is 2. The van der Waals surface area contributed by atoms with Gasteiger partial charge >= 0.3 is 0 Å². The van der Waals surface area contributed by atoms with Crippen molar-refractivity contribution in [3.05, 3.63) is 29.8 Å². The monoisotopic (exact) mass is 265 g/mol. The highest BCUT2D eigenvalue weighted by Gasteiger charge is 2.23. The molecule has 1 aromatic rings. The molecule has 0 heterocycles. The zero-order chi connectivity index (χ0) is 14.3. The molecular formula is C16H27NO2. The first-order valence-corrected chi connectivity index (χ1v) is 7.03. The fourth-order valence-electron chi connectivity index (χ4n) is 2.09. The molecule has 0 saturated carbocycles. The molecule has 1 rings (SSSR count). The number of methoxy groups -OCH3 is 1. The van der Waals surface area contributed by atoms with Gasteiger partial charge in [0.2, 0.25) is 0 Å². The van der Waals surface area contributed by atoms with Crippen molar-refractivity contribution < 1.29 is 9.47 Å². The Bertz CT molecular complexity index is 360. The van der Waals surface area contributed by atoms with Crippen molar-refractivity contribution in [1.29, 1.82) is 0 Å². The van der Waals surface area contributed by atoms with E-state index in [1.807, 2.05) is 19.1 Å². The Morgan fingerprint density at radius 1 is 1.16 bits per heavy atom. The lowest BCUT2D eigenvalue weighted by Gasteiger charge is -2.29. The molecule has 0 aromatic heterocycles. The second-order valence-electron chi connectivity index (χ2n) is 5.28. The third-order valence-electron chi connectivity index (χ3n) is 3.29. The van der Waals surface area contributed by atoms with E-state index in [2.05, 4.69) is 38.2 Å². The standard InChI is InChI=1S/C16H27NO2/c1-6-17-15(12-16(3,4)18-5)13-8-10-14(11-9-13)19-7-2/h8-11,15,17H,6-7,12H2,1-5H3. The molecule has 0 saturated heterocycles. The molecule has 0 amide bonds. The minimum atomic E-state index is -0.134. The van der Waals surface area contributed by atoms with Crippen LogP contribution >= 0.6 is 0 Å². The Morgan fingerprint density at radius 3 is 2.26 bits per heavy atom. The third kappa shape index (κ3) is 5.21. The summed E-state index contributed by atoms with van der Waals surface area (Å²) < 4.78 is 11.0. The van der Waals surface area contributed by atoms with Gasteiger partial charge < -0.3 is 14.8 Å². The van der Waals surface area contributed by atoms with E-state index in [9.17, 15) is 0 Å². The highest BCUT2D eigenvalue weighted by atomic mass is 16.5. The fraction of sp³-hybridized carbons (Fsp3) is 0.625. The first kappa shape index (κ1) is 16.0. The Morgan fingerprint density at radius 2 is 1.79 bits per heavy atom. The summed E-state index contributed by atoms with van der Waals surface area (Å²) in [7, 11) is 1.77. The summed E-state index contributed by atoms with van der Waals surface area (Å²) in [6.07, 6.45) is 0.936. The van der Waals surface area contributed by atoms with Crippen LogP contribution in [0.15, 0.2) is 24.3 Å². The zero-order valence-corrected chi connectivity index (χ0v) is 12.8. The van der Waals surface area contributed by atoms with E-state index < -0.39 is 0 Å². The molecule has 19 heavy (non-hydrogen) atoms. The van der Waals surface area contributed by atoms with Crippen LogP contribution in [0.3, 0.4) is 0 Å². The lowest BCUT2D eigenvalue weighted by atomic mass is 9.93. The van der Waals surface area contributed by atoms with Crippen LogP contribution in [0, 0.1) is 0 Å². The van der Waals surface area contributed by atoms with Crippen LogP contribution in [0.1, 0.15) is 45.7 Å². The predicted molar refractivity (Wildman–Crippen MR) is 79.7 cm³/mol. The van der Waals surface area contributed by atoms with Gasteiger partial charge in [0.1, 0.15) is 5.75 Å². The molecule has 0 aliphatic heterocycles. The van der Waals surface area contributed by atoms with Crippen LogP contribution in [0.4, 0.5) is 0 Å². The molecule has 1 atom stereocenters. The van der Waals surface area contributed by atoms with E-state index in [1.165, 1.54) is 5.56 Å². The van der Waals surface area contributed by atoms with Crippen molar-refractivity contribution in [2.75, 3.05) is 20.3 Å². The lowest BCUT2D eigenvalue weighted by molar-refractivity contribution is 0.00697. The van der Waals surface area contributed by atoms with Crippen molar-refractivity contribution in [3.63, 3.8) is 0 Å². The van der Waals surface area contributed by atoms with E-state index in [0.717, 1.165) is 18.7 Å². The van der Waals surface area contributed by atoms with Gasteiger partial charge in [0.15, 0.2) is 0 Å². The third-order valence-corrected chi connectivity index (χ3v) is 3.29.